The van der Waals surface area contributed by atoms with E-state index >= 15 is 0 Å². The fourth-order valence-corrected chi connectivity index (χ4v) is 2.69. The van der Waals surface area contributed by atoms with Crippen LogP contribution in [0.1, 0.15) is 38.7 Å². The molecule has 0 amide bonds. The maximum atomic E-state index is 10.9. The highest BCUT2D eigenvalue weighted by atomic mass is 16.6. The van der Waals surface area contributed by atoms with E-state index in [0.717, 1.165) is 12.8 Å². The lowest BCUT2D eigenvalue weighted by molar-refractivity contribution is -0.385. The SMILES string of the molecule is C[C@@H]1CCC[C@H](C)N1/N=C\C=C\c1ccccc1[N+](=O)[O-]. The first-order chi connectivity index (χ1) is 10.1. The summed E-state index contributed by atoms with van der Waals surface area (Å²) in [6.07, 6.45) is 8.78. The average Bonchev–Trinajstić information content (AvgIpc) is 2.46. The largest absolute Gasteiger partial charge is 0.292 e. The summed E-state index contributed by atoms with van der Waals surface area (Å²) in [7, 11) is 0. The highest BCUT2D eigenvalue weighted by Crippen LogP contribution is 2.22. The zero-order valence-electron chi connectivity index (χ0n) is 12.5. The molecule has 2 atom stereocenters. The smallest absolute Gasteiger partial charge is 0.276 e. The van der Waals surface area contributed by atoms with Crippen molar-refractivity contribution >= 4 is 18.0 Å². The molecule has 0 N–H and O–H groups in total. The number of rotatable bonds is 4. The van der Waals surface area contributed by atoms with Gasteiger partial charge >= 0.3 is 0 Å². The second-order valence-corrected chi connectivity index (χ2v) is 5.45. The number of benzene rings is 1. The molecule has 5 heteroatoms. The summed E-state index contributed by atoms with van der Waals surface area (Å²) in [5.41, 5.74) is 0.704. The van der Waals surface area contributed by atoms with Gasteiger partial charge in [0, 0.05) is 24.4 Å². The van der Waals surface area contributed by atoms with Gasteiger partial charge in [0.05, 0.1) is 10.5 Å². The fraction of sp³-hybridized carbons (Fsp3) is 0.438. The van der Waals surface area contributed by atoms with E-state index in [1.54, 1.807) is 36.6 Å². The van der Waals surface area contributed by atoms with Crippen molar-refractivity contribution < 1.29 is 4.92 Å². The van der Waals surface area contributed by atoms with E-state index in [2.05, 4.69) is 24.0 Å². The van der Waals surface area contributed by atoms with Crippen molar-refractivity contribution in [2.45, 2.75) is 45.2 Å². The van der Waals surface area contributed by atoms with Crippen molar-refractivity contribution in [1.82, 2.24) is 5.01 Å². The summed E-state index contributed by atoms with van der Waals surface area (Å²) in [4.78, 5) is 10.5. The monoisotopic (exact) mass is 287 g/mol. The van der Waals surface area contributed by atoms with Gasteiger partial charge < -0.3 is 0 Å². The van der Waals surface area contributed by atoms with E-state index in [1.807, 2.05) is 0 Å². The van der Waals surface area contributed by atoms with Crippen molar-refractivity contribution in [1.29, 1.82) is 0 Å². The number of nitrogens with zero attached hydrogens (tertiary/aromatic N) is 3. The Balaban J connectivity index is 2.05. The molecule has 0 saturated carbocycles. The van der Waals surface area contributed by atoms with Gasteiger partial charge in [-0.25, -0.2) is 0 Å². The zero-order chi connectivity index (χ0) is 15.2. The van der Waals surface area contributed by atoms with E-state index in [0.29, 0.717) is 17.6 Å². The molecule has 21 heavy (non-hydrogen) atoms. The molecule has 1 aromatic carbocycles. The molecule has 0 radical (unpaired) electrons. The van der Waals surface area contributed by atoms with Crippen LogP contribution in [-0.4, -0.2) is 28.2 Å². The van der Waals surface area contributed by atoms with Crippen LogP contribution >= 0.6 is 0 Å². The van der Waals surface area contributed by atoms with Crippen molar-refractivity contribution in [2.75, 3.05) is 0 Å². The van der Waals surface area contributed by atoms with Gasteiger partial charge in [0.2, 0.25) is 0 Å². The summed E-state index contributed by atoms with van der Waals surface area (Å²) in [5.74, 6) is 0. The molecule has 1 saturated heterocycles. The molecular weight excluding hydrogens is 266 g/mol. The van der Waals surface area contributed by atoms with Crippen LogP contribution in [0.15, 0.2) is 35.4 Å². The van der Waals surface area contributed by atoms with E-state index < -0.39 is 0 Å². The quantitative estimate of drug-likeness (QED) is 0.480. The summed E-state index contributed by atoms with van der Waals surface area (Å²) in [6, 6.07) is 7.59. The number of nitro benzene ring substituents is 1. The molecule has 112 valence electrons. The lowest BCUT2D eigenvalue weighted by Gasteiger charge is -2.36. The van der Waals surface area contributed by atoms with Gasteiger partial charge in [0.1, 0.15) is 0 Å². The van der Waals surface area contributed by atoms with Gasteiger partial charge in [-0.2, -0.15) is 5.10 Å². The van der Waals surface area contributed by atoms with Crippen molar-refractivity contribution in [3.63, 3.8) is 0 Å². The maximum absolute atomic E-state index is 10.9. The predicted octanol–water partition coefficient (Wildman–Crippen LogP) is 3.86. The molecular formula is C16H21N3O2. The van der Waals surface area contributed by atoms with Gasteiger partial charge in [0.25, 0.3) is 5.69 Å². The zero-order valence-corrected chi connectivity index (χ0v) is 12.5. The Labute approximate surface area is 125 Å². The minimum absolute atomic E-state index is 0.113. The molecule has 0 spiro atoms. The molecule has 5 nitrogen and oxygen atoms in total. The fourth-order valence-electron chi connectivity index (χ4n) is 2.69. The Kier molecular flexibility index (Phi) is 5.09. The number of nitro groups is 1. The second-order valence-electron chi connectivity index (χ2n) is 5.45. The third-order valence-corrected chi connectivity index (χ3v) is 3.84. The molecule has 0 unspecified atom stereocenters. The standard InChI is InChI=1S/C16H21N3O2/c1-13-7-5-8-14(2)18(13)17-12-6-10-15-9-3-4-11-16(15)19(20)21/h3-4,6,9-14H,5,7-8H2,1-2H3/b10-6+,17-12-/t13-,14+. The Hall–Kier alpha value is -2.17. The van der Waals surface area contributed by atoms with Crippen LogP contribution in [0, 0.1) is 10.1 Å². The number of hydrogen-bond donors (Lipinski definition) is 0. The summed E-state index contributed by atoms with van der Waals surface area (Å²) in [6.45, 7) is 4.36. The van der Waals surface area contributed by atoms with E-state index in [1.165, 1.54) is 12.5 Å². The predicted molar refractivity (Wildman–Crippen MR) is 85.2 cm³/mol. The van der Waals surface area contributed by atoms with E-state index in [-0.39, 0.29) is 10.6 Å². The number of allylic oxidation sites excluding steroid dienone is 1. The highest BCUT2D eigenvalue weighted by Gasteiger charge is 2.22. The van der Waals surface area contributed by atoms with Crippen LogP contribution in [0.5, 0.6) is 0 Å². The van der Waals surface area contributed by atoms with Crippen molar-refractivity contribution in [3.8, 4) is 0 Å². The number of hydrazone groups is 1. The van der Waals surface area contributed by atoms with E-state index in [4.69, 9.17) is 0 Å². The van der Waals surface area contributed by atoms with Crippen molar-refractivity contribution in [2.24, 2.45) is 5.10 Å². The Morgan fingerprint density at radius 2 is 1.95 bits per heavy atom. The van der Waals surface area contributed by atoms with E-state index in [9.17, 15) is 10.1 Å². The van der Waals surface area contributed by atoms with Gasteiger partial charge in [-0.3, -0.25) is 15.1 Å². The van der Waals surface area contributed by atoms with Crippen molar-refractivity contribution in [3.05, 3.63) is 46.0 Å². The molecule has 2 rings (SSSR count). The van der Waals surface area contributed by atoms with Crippen LogP contribution in [0.2, 0.25) is 0 Å². The lowest BCUT2D eigenvalue weighted by Crippen LogP contribution is -2.39. The molecule has 1 aliphatic heterocycles. The Morgan fingerprint density at radius 1 is 1.29 bits per heavy atom. The third-order valence-electron chi connectivity index (χ3n) is 3.84. The Morgan fingerprint density at radius 3 is 2.62 bits per heavy atom. The molecule has 1 fully saturated rings. The van der Waals surface area contributed by atoms with Gasteiger partial charge in [0.15, 0.2) is 0 Å². The number of hydrogen-bond acceptors (Lipinski definition) is 4. The lowest BCUT2D eigenvalue weighted by atomic mass is 10.00. The highest BCUT2D eigenvalue weighted by molar-refractivity contribution is 5.79. The maximum Gasteiger partial charge on any atom is 0.276 e. The van der Waals surface area contributed by atoms with Gasteiger partial charge in [-0.05, 0) is 51.3 Å². The topological polar surface area (TPSA) is 58.7 Å². The van der Waals surface area contributed by atoms with Crippen LogP contribution in [0.3, 0.4) is 0 Å². The number of piperidine rings is 1. The summed E-state index contributed by atoms with van der Waals surface area (Å²) < 4.78 is 0. The molecule has 0 aliphatic carbocycles. The molecule has 1 aromatic rings. The van der Waals surface area contributed by atoms with Crippen LogP contribution in [0.4, 0.5) is 5.69 Å². The molecule has 1 heterocycles. The minimum atomic E-state index is -0.369. The third kappa shape index (κ3) is 3.90. The average molecular weight is 287 g/mol. The van der Waals surface area contributed by atoms with Crippen LogP contribution in [-0.2, 0) is 0 Å². The normalized spacial score (nSPS) is 23.0. The van der Waals surface area contributed by atoms with Gasteiger partial charge in [-0.1, -0.05) is 12.1 Å². The second kappa shape index (κ2) is 7.02. The molecule has 0 aromatic heterocycles. The first-order valence-electron chi connectivity index (χ1n) is 7.32. The first-order valence-corrected chi connectivity index (χ1v) is 7.32. The summed E-state index contributed by atoms with van der Waals surface area (Å²) in [5, 5.41) is 17.5. The molecule has 1 aliphatic rings. The van der Waals surface area contributed by atoms with Crippen LogP contribution < -0.4 is 0 Å². The van der Waals surface area contributed by atoms with Gasteiger partial charge in [-0.15, -0.1) is 0 Å². The Bertz CT molecular complexity index is 544. The van der Waals surface area contributed by atoms with Crippen LogP contribution in [0.25, 0.3) is 6.08 Å². The summed E-state index contributed by atoms with van der Waals surface area (Å²) >= 11 is 0. The molecule has 0 bridgehead atoms. The minimum Gasteiger partial charge on any atom is -0.292 e. The number of para-hydroxylation sites is 1. The first kappa shape index (κ1) is 15.2.